The van der Waals surface area contributed by atoms with Crippen LogP contribution in [-0.2, 0) is 6.42 Å². The number of carbonyl (C=O) groups excluding carboxylic acids is 1. The number of carbonyl (C=O) groups is 1. The van der Waals surface area contributed by atoms with Crippen molar-refractivity contribution in [1.29, 1.82) is 0 Å². The number of nitro benzene ring substituents is 1. The smallest absolute Gasteiger partial charge is 0.273 e. The fraction of sp³-hybridized carbons (Fsp3) is 0.462. The van der Waals surface area contributed by atoms with E-state index in [0.717, 1.165) is 0 Å². The zero-order chi connectivity index (χ0) is 14.4. The molecule has 1 aromatic rings. The van der Waals surface area contributed by atoms with Gasteiger partial charge in [0.2, 0.25) is 0 Å². The van der Waals surface area contributed by atoms with E-state index in [4.69, 9.17) is 5.73 Å². The first-order chi connectivity index (χ1) is 8.99. The highest BCUT2D eigenvalue weighted by Crippen LogP contribution is 2.20. The molecule has 6 heteroatoms. The van der Waals surface area contributed by atoms with Crippen molar-refractivity contribution in [3.8, 4) is 0 Å². The number of hydrogen-bond donors (Lipinski definition) is 2. The molecule has 0 aliphatic heterocycles. The maximum absolute atomic E-state index is 11.9. The lowest BCUT2D eigenvalue weighted by Gasteiger charge is -2.10. The second-order valence-corrected chi connectivity index (χ2v) is 4.51. The van der Waals surface area contributed by atoms with Crippen LogP contribution in [-0.4, -0.2) is 23.9 Å². The molecule has 19 heavy (non-hydrogen) atoms. The molecule has 0 heterocycles. The number of nitro groups is 1. The Morgan fingerprint density at radius 3 is 2.74 bits per heavy atom. The topological polar surface area (TPSA) is 98.3 Å². The Bertz CT molecular complexity index is 474. The molecule has 0 aliphatic rings. The number of nitrogens with two attached hydrogens (primary N) is 1. The van der Waals surface area contributed by atoms with Crippen LogP contribution >= 0.6 is 0 Å². The van der Waals surface area contributed by atoms with Crippen LogP contribution in [0.4, 0.5) is 5.69 Å². The van der Waals surface area contributed by atoms with Gasteiger partial charge in [-0.25, -0.2) is 0 Å². The van der Waals surface area contributed by atoms with Gasteiger partial charge in [-0.05, 0) is 24.9 Å². The largest absolute Gasteiger partial charge is 0.352 e. The summed E-state index contributed by atoms with van der Waals surface area (Å²) in [6.45, 7) is 4.70. The van der Waals surface area contributed by atoms with Crippen molar-refractivity contribution in [3.05, 3.63) is 39.4 Å². The van der Waals surface area contributed by atoms with E-state index in [1.165, 1.54) is 6.07 Å². The second kappa shape index (κ2) is 6.84. The highest BCUT2D eigenvalue weighted by atomic mass is 16.6. The molecule has 1 aromatic carbocycles. The molecule has 1 rings (SSSR count). The molecule has 0 bridgehead atoms. The van der Waals surface area contributed by atoms with Crippen molar-refractivity contribution in [2.24, 2.45) is 11.7 Å². The zero-order valence-electron chi connectivity index (χ0n) is 11.2. The summed E-state index contributed by atoms with van der Waals surface area (Å²) in [6.07, 6.45) is 0.558. The van der Waals surface area contributed by atoms with Gasteiger partial charge in [0.15, 0.2) is 0 Å². The van der Waals surface area contributed by atoms with Crippen LogP contribution in [0.2, 0.25) is 0 Å². The Morgan fingerprint density at radius 2 is 2.21 bits per heavy atom. The summed E-state index contributed by atoms with van der Waals surface area (Å²) >= 11 is 0. The van der Waals surface area contributed by atoms with Crippen LogP contribution in [0, 0.1) is 16.0 Å². The molecular weight excluding hydrogens is 246 g/mol. The molecule has 1 unspecified atom stereocenters. The molecule has 104 valence electrons. The monoisotopic (exact) mass is 265 g/mol. The van der Waals surface area contributed by atoms with E-state index in [9.17, 15) is 14.9 Å². The number of nitrogens with zero attached hydrogens (tertiary/aromatic N) is 1. The molecule has 0 fully saturated rings. The van der Waals surface area contributed by atoms with E-state index in [2.05, 4.69) is 5.32 Å². The van der Waals surface area contributed by atoms with E-state index < -0.39 is 4.92 Å². The molecule has 1 atom stereocenters. The number of amides is 1. The predicted octanol–water partition coefficient (Wildman–Crippen LogP) is 1.48. The summed E-state index contributed by atoms with van der Waals surface area (Å²) in [7, 11) is 0. The SMILES string of the molecule is CCc1ccc(C(=O)NCC(C)CN)cc1[N+](=O)[O-]. The molecule has 0 saturated heterocycles. The standard InChI is InChI=1S/C13H19N3O3/c1-3-10-4-5-11(6-12(10)16(18)19)13(17)15-8-9(2)7-14/h4-6,9H,3,7-8,14H2,1-2H3,(H,15,17). The minimum atomic E-state index is -0.460. The van der Waals surface area contributed by atoms with Crippen LogP contribution < -0.4 is 11.1 Å². The first-order valence-corrected chi connectivity index (χ1v) is 6.25. The van der Waals surface area contributed by atoms with Crippen LogP contribution in [0.1, 0.15) is 29.8 Å². The van der Waals surface area contributed by atoms with Crippen LogP contribution in [0.3, 0.4) is 0 Å². The summed E-state index contributed by atoms with van der Waals surface area (Å²) in [5.74, 6) is -0.139. The van der Waals surface area contributed by atoms with E-state index in [1.807, 2.05) is 13.8 Å². The average molecular weight is 265 g/mol. The van der Waals surface area contributed by atoms with Crippen molar-refractivity contribution in [2.75, 3.05) is 13.1 Å². The molecule has 1 amide bonds. The van der Waals surface area contributed by atoms with Crippen LogP contribution in [0.5, 0.6) is 0 Å². The molecule has 0 saturated carbocycles. The highest BCUT2D eigenvalue weighted by Gasteiger charge is 2.16. The first-order valence-electron chi connectivity index (χ1n) is 6.25. The summed E-state index contributed by atoms with van der Waals surface area (Å²) in [5.41, 5.74) is 6.37. The Kier molecular flexibility index (Phi) is 5.44. The average Bonchev–Trinajstić information content (AvgIpc) is 2.43. The van der Waals surface area contributed by atoms with E-state index in [-0.39, 0.29) is 17.5 Å². The molecule has 3 N–H and O–H groups in total. The van der Waals surface area contributed by atoms with Crippen LogP contribution in [0.15, 0.2) is 18.2 Å². The van der Waals surface area contributed by atoms with Gasteiger partial charge >= 0.3 is 0 Å². The van der Waals surface area contributed by atoms with Gasteiger partial charge in [0, 0.05) is 23.7 Å². The first kappa shape index (κ1) is 15.1. The third-order valence-corrected chi connectivity index (χ3v) is 2.94. The van der Waals surface area contributed by atoms with Gasteiger partial charge in [0.25, 0.3) is 11.6 Å². The molecule has 0 spiro atoms. The minimum absolute atomic E-state index is 0.0120. The second-order valence-electron chi connectivity index (χ2n) is 4.51. The minimum Gasteiger partial charge on any atom is -0.352 e. The fourth-order valence-corrected chi connectivity index (χ4v) is 1.63. The van der Waals surface area contributed by atoms with Crippen molar-refractivity contribution in [1.82, 2.24) is 5.32 Å². The Morgan fingerprint density at radius 1 is 1.53 bits per heavy atom. The Balaban J connectivity index is 2.86. The normalized spacial score (nSPS) is 11.9. The Labute approximate surface area is 112 Å². The van der Waals surface area contributed by atoms with E-state index in [1.54, 1.807) is 12.1 Å². The molecule has 6 nitrogen and oxygen atoms in total. The van der Waals surface area contributed by atoms with Crippen molar-refractivity contribution >= 4 is 11.6 Å². The number of aryl methyl sites for hydroxylation is 1. The lowest BCUT2D eigenvalue weighted by atomic mass is 10.1. The Hall–Kier alpha value is -1.95. The molecule has 0 aromatic heterocycles. The molecule has 0 radical (unpaired) electrons. The zero-order valence-corrected chi connectivity index (χ0v) is 11.2. The van der Waals surface area contributed by atoms with Crippen LogP contribution in [0.25, 0.3) is 0 Å². The van der Waals surface area contributed by atoms with Crippen molar-refractivity contribution < 1.29 is 9.72 Å². The molecular formula is C13H19N3O3. The summed E-state index contributed by atoms with van der Waals surface area (Å²) in [5, 5.41) is 13.6. The lowest BCUT2D eigenvalue weighted by molar-refractivity contribution is -0.385. The van der Waals surface area contributed by atoms with Gasteiger partial charge in [0.1, 0.15) is 0 Å². The van der Waals surface area contributed by atoms with E-state index >= 15 is 0 Å². The maximum Gasteiger partial charge on any atom is 0.273 e. The van der Waals surface area contributed by atoms with Gasteiger partial charge in [-0.15, -0.1) is 0 Å². The highest BCUT2D eigenvalue weighted by molar-refractivity contribution is 5.95. The molecule has 0 aliphatic carbocycles. The summed E-state index contributed by atoms with van der Waals surface area (Å²) < 4.78 is 0. The number of nitrogens with one attached hydrogen (secondary N) is 1. The fourth-order valence-electron chi connectivity index (χ4n) is 1.63. The third kappa shape index (κ3) is 4.03. The van der Waals surface area contributed by atoms with Gasteiger partial charge in [-0.2, -0.15) is 0 Å². The van der Waals surface area contributed by atoms with Gasteiger partial charge in [-0.1, -0.05) is 19.9 Å². The van der Waals surface area contributed by atoms with Gasteiger partial charge < -0.3 is 11.1 Å². The summed E-state index contributed by atoms with van der Waals surface area (Å²) in [6, 6.07) is 4.55. The predicted molar refractivity (Wildman–Crippen MR) is 73.0 cm³/mol. The van der Waals surface area contributed by atoms with Gasteiger partial charge in [-0.3, -0.25) is 14.9 Å². The van der Waals surface area contributed by atoms with Crippen molar-refractivity contribution in [3.63, 3.8) is 0 Å². The number of rotatable bonds is 6. The van der Waals surface area contributed by atoms with Crippen molar-refractivity contribution in [2.45, 2.75) is 20.3 Å². The number of benzene rings is 1. The van der Waals surface area contributed by atoms with E-state index in [0.29, 0.717) is 30.6 Å². The summed E-state index contributed by atoms with van der Waals surface area (Å²) in [4.78, 5) is 22.3. The third-order valence-electron chi connectivity index (χ3n) is 2.94. The lowest BCUT2D eigenvalue weighted by Crippen LogP contribution is -2.31. The van der Waals surface area contributed by atoms with Gasteiger partial charge in [0.05, 0.1) is 4.92 Å². The quantitative estimate of drug-likeness (QED) is 0.601. The maximum atomic E-state index is 11.9. The number of hydrogen-bond acceptors (Lipinski definition) is 4.